The third-order valence-corrected chi connectivity index (χ3v) is 4.06. The van der Waals surface area contributed by atoms with Crippen LogP contribution in [-0.4, -0.2) is 40.5 Å². The largest absolute Gasteiger partial charge is 0.480 e. The van der Waals surface area contributed by atoms with E-state index >= 15 is 0 Å². The maximum atomic E-state index is 10.8. The van der Waals surface area contributed by atoms with Gasteiger partial charge in [0, 0.05) is 19.3 Å². The van der Waals surface area contributed by atoms with Gasteiger partial charge in [-0.2, -0.15) is 0 Å². The predicted molar refractivity (Wildman–Crippen MR) is 61.1 cm³/mol. The summed E-state index contributed by atoms with van der Waals surface area (Å²) in [4.78, 5) is 10.6. The van der Waals surface area contributed by atoms with Crippen LogP contribution in [0, 0.1) is 0 Å². The van der Waals surface area contributed by atoms with Gasteiger partial charge in [-0.15, -0.1) is 11.8 Å². The molecule has 1 rings (SSSR count). The monoisotopic (exact) mass is 233 g/mol. The molecule has 2 unspecified atom stereocenters. The van der Waals surface area contributed by atoms with Crippen LogP contribution in [0.3, 0.4) is 0 Å². The summed E-state index contributed by atoms with van der Waals surface area (Å²) in [7, 11) is 1.68. The number of aliphatic carboxylic acids is 1. The van der Waals surface area contributed by atoms with Crippen molar-refractivity contribution in [2.24, 2.45) is 0 Å². The lowest BCUT2D eigenvalue weighted by atomic mass is 9.99. The van der Waals surface area contributed by atoms with Crippen molar-refractivity contribution in [2.45, 2.75) is 43.7 Å². The molecule has 0 saturated carbocycles. The molecule has 1 heterocycles. The van der Waals surface area contributed by atoms with E-state index in [-0.39, 0.29) is 10.5 Å². The van der Waals surface area contributed by atoms with E-state index in [1.54, 1.807) is 18.9 Å². The lowest BCUT2D eigenvalue weighted by Gasteiger charge is -2.33. The van der Waals surface area contributed by atoms with Crippen LogP contribution in [0.4, 0.5) is 0 Å². The summed E-state index contributed by atoms with van der Waals surface area (Å²) in [6.45, 7) is 6.05. The summed E-state index contributed by atoms with van der Waals surface area (Å²) < 4.78 is 5.36. The molecule has 0 aromatic heterocycles. The minimum Gasteiger partial charge on any atom is -0.480 e. The van der Waals surface area contributed by atoms with Crippen LogP contribution in [0.15, 0.2) is 0 Å². The number of nitrogens with one attached hydrogen (secondary N) is 1. The zero-order valence-electron chi connectivity index (χ0n) is 9.66. The van der Waals surface area contributed by atoms with Crippen molar-refractivity contribution < 1.29 is 14.6 Å². The minimum absolute atomic E-state index is 0.206. The Hall–Kier alpha value is -0.260. The second-order valence-corrected chi connectivity index (χ2v) is 6.24. The summed E-state index contributed by atoms with van der Waals surface area (Å²) >= 11 is 1.65. The molecule has 1 aliphatic rings. The molecule has 0 aromatic carbocycles. The van der Waals surface area contributed by atoms with Gasteiger partial charge < -0.3 is 9.84 Å². The quantitative estimate of drug-likeness (QED) is 0.766. The van der Waals surface area contributed by atoms with Crippen LogP contribution in [0.25, 0.3) is 0 Å². The van der Waals surface area contributed by atoms with Crippen molar-refractivity contribution in [3.8, 4) is 0 Å². The van der Waals surface area contributed by atoms with Gasteiger partial charge in [-0.25, -0.2) is 0 Å². The first-order valence-electron chi connectivity index (χ1n) is 4.98. The normalized spacial score (nSPS) is 31.9. The first kappa shape index (κ1) is 12.8. The van der Waals surface area contributed by atoms with Gasteiger partial charge in [0.2, 0.25) is 0 Å². The van der Waals surface area contributed by atoms with Crippen LogP contribution in [0.1, 0.15) is 27.2 Å². The molecule has 88 valence electrons. The third-order valence-electron chi connectivity index (χ3n) is 2.66. The number of carbonyl (C=O) groups is 1. The molecule has 2 N–H and O–H groups in total. The molecule has 4 nitrogen and oxygen atoms in total. The van der Waals surface area contributed by atoms with E-state index in [0.29, 0.717) is 5.75 Å². The van der Waals surface area contributed by atoms with Crippen LogP contribution < -0.4 is 5.32 Å². The molecule has 15 heavy (non-hydrogen) atoms. The average Bonchev–Trinajstić information content (AvgIpc) is 2.47. The Morgan fingerprint density at radius 3 is 2.73 bits per heavy atom. The number of hydrogen-bond donors (Lipinski definition) is 2. The Morgan fingerprint density at radius 2 is 2.33 bits per heavy atom. The van der Waals surface area contributed by atoms with Crippen molar-refractivity contribution in [2.75, 3.05) is 12.9 Å². The van der Waals surface area contributed by atoms with Gasteiger partial charge in [0.05, 0.1) is 10.5 Å². The highest BCUT2D eigenvalue weighted by molar-refractivity contribution is 8.00. The number of hydrogen-bond acceptors (Lipinski definition) is 4. The highest BCUT2D eigenvalue weighted by Gasteiger charge is 2.41. The van der Waals surface area contributed by atoms with Gasteiger partial charge in [-0.1, -0.05) is 0 Å². The van der Waals surface area contributed by atoms with Crippen molar-refractivity contribution in [3.05, 3.63) is 0 Å². The van der Waals surface area contributed by atoms with Gasteiger partial charge in [-0.3, -0.25) is 10.1 Å². The third kappa shape index (κ3) is 3.36. The van der Waals surface area contributed by atoms with Gasteiger partial charge in [0.1, 0.15) is 6.04 Å². The van der Waals surface area contributed by atoms with E-state index in [9.17, 15) is 4.79 Å². The van der Waals surface area contributed by atoms with E-state index in [2.05, 4.69) is 5.32 Å². The average molecular weight is 233 g/mol. The van der Waals surface area contributed by atoms with E-state index in [1.807, 2.05) is 20.8 Å². The topological polar surface area (TPSA) is 58.6 Å². The summed E-state index contributed by atoms with van der Waals surface area (Å²) in [5.41, 5.74) is -0.234. The van der Waals surface area contributed by atoms with Gasteiger partial charge in [0.25, 0.3) is 0 Å². The Labute approximate surface area is 94.8 Å². The Morgan fingerprint density at radius 1 is 1.73 bits per heavy atom. The summed E-state index contributed by atoms with van der Waals surface area (Å²) in [5, 5.41) is 12.0. The highest BCUT2D eigenvalue weighted by Crippen LogP contribution is 2.37. The molecular formula is C10H19NO3S. The Kier molecular flexibility index (Phi) is 3.68. The van der Waals surface area contributed by atoms with E-state index < -0.39 is 12.0 Å². The zero-order valence-corrected chi connectivity index (χ0v) is 10.5. The SMILES string of the molecule is COC(C)(C)CC1(C)NC(C(=O)O)CS1. The number of thioether (sulfide) groups is 1. The van der Waals surface area contributed by atoms with Gasteiger partial charge in [-0.05, 0) is 20.8 Å². The molecule has 0 aliphatic carbocycles. The smallest absolute Gasteiger partial charge is 0.321 e. The first-order chi connectivity index (χ1) is 6.78. The molecule has 5 heteroatoms. The number of ether oxygens (including phenoxy) is 1. The number of methoxy groups -OCH3 is 1. The molecule has 1 aliphatic heterocycles. The van der Waals surface area contributed by atoms with Crippen LogP contribution in [-0.2, 0) is 9.53 Å². The molecule has 0 radical (unpaired) electrons. The number of carboxylic acid groups (broad SMARTS) is 1. The number of rotatable bonds is 4. The van der Waals surface area contributed by atoms with Crippen molar-refractivity contribution in [1.29, 1.82) is 0 Å². The fraction of sp³-hybridized carbons (Fsp3) is 0.900. The Balaban J connectivity index is 2.59. The van der Waals surface area contributed by atoms with Crippen molar-refractivity contribution in [3.63, 3.8) is 0 Å². The second-order valence-electron chi connectivity index (χ2n) is 4.72. The van der Waals surface area contributed by atoms with Gasteiger partial charge in [0.15, 0.2) is 0 Å². The van der Waals surface area contributed by atoms with Crippen LogP contribution in [0.5, 0.6) is 0 Å². The summed E-state index contributed by atoms with van der Waals surface area (Å²) in [6.07, 6.45) is 0.783. The zero-order chi connectivity index (χ0) is 11.7. The van der Waals surface area contributed by atoms with Crippen LogP contribution >= 0.6 is 11.8 Å². The van der Waals surface area contributed by atoms with E-state index in [0.717, 1.165) is 6.42 Å². The van der Waals surface area contributed by atoms with Crippen LogP contribution in [0.2, 0.25) is 0 Å². The summed E-state index contributed by atoms with van der Waals surface area (Å²) in [5.74, 6) is -0.160. The number of carboxylic acids is 1. The highest BCUT2D eigenvalue weighted by atomic mass is 32.2. The lowest BCUT2D eigenvalue weighted by molar-refractivity contribution is -0.139. The molecule has 1 saturated heterocycles. The molecule has 2 atom stereocenters. The van der Waals surface area contributed by atoms with Crippen molar-refractivity contribution >= 4 is 17.7 Å². The Bertz CT molecular complexity index is 257. The fourth-order valence-electron chi connectivity index (χ4n) is 1.84. The predicted octanol–water partition coefficient (Wildman–Crippen LogP) is 1.31. The minimum atomic E-state index is -0.776. The molecule has 0 spiro atoms. The molecule has 0 bridgehead atoms. The summed E-state index contributed by atoms with van der Waals surface area (Å²) in [6, 6.07) is -0.437. The second kappa shape index (κ2) is 4.31. The molecular weight excluding hydrogens is 214 g/mol. The maximum Gasteiger partial charge on any atom is 0.321 e. The molecule has 0 aromatic rings. The van der Waals surface area contributed by atoms with E-state index in [1.165, 1.54) is 0 Å². The van der Waals surface area contributed by atoms with Crippen molar-refractivity contribution in [1.82, 2.24) is 5.32 Å². The van der Waals surface area contributed by atoms with E-state index in [4.69, 9.17) is 9.84 Å². The maximum absolute atomic E-state index is 10.8. The molecule has 1 fully saturated rings. The van der Waals surface area contributed by atoms with Gasteiger partial charge >= 0.3 is 5.97 Å². The lowest BCUT2D eigenvalue weighted by Crippen LogP contribution is -2.47. The first-order valence-corrected chi connectivity index (χ1v) is 5.96. The fourth-order valence-corrected chi connectivity index (χ4v) is 3.27. The standard InChI is InChI=1S/C10H19NO3S/c1-9(2,14-4)6-10(3)11-7(5-15-10)8(12)13/h7,11H,5-6H2,1-4H3,(H,12,13). The molecule has 0 amide bonds.